The van der Waals surface area contributed by atoms with Crippen molar-refractivity contribution in [3.63, 3.8) is 0 Å². The summed E-state index contributed by atoms with van der Waals surface area (Å²) in [6.07, 6.45) is 1.53. The first-order valence-electron chi connectivity index (χ1n) is 16.2. The largest absolute Gasteiger partial charge is 0.497 e. The van der Waals surface area contributed by atoms with Gasteiger partial charge in [-0.2, -0.15) is 0 Å². The van der Waals surface area contributed by atoms with Gasteiger partial charge in [0.15, 0.2) is 5.13 Å². The first kappa shape index (κ1) is 36.5. The number of thioether (sulfide) groups is 1. The second-order valence-electron chi connectivity index (χ2n) is 11.4. The van der Waals surface area contributed by atoms with E-state index in [9.17, 15) is 18.8 Å². The lowest BCUT2D eigenvalue weighted by atomic mass is 10.1. The van der Waals surface area contributed by atoms with Gasteiger partial charge in [0.05, 0.1) is 19.9 Å². The lowest BCUT2D eigenvalue weighted by Crippen LogP contribution is -2.30. The SMILES string of the molecule is COc1ccc(/C=C(\NC(=O)c2ccccc2)C(=O)Nc2ccc(SC(C(=O)Nc3nc(-c4ccc(F)cc4)cs3)c3ccccc3)cc2)c(OC)c1. The van der Waals surface area contributed by atoms with Gasteiger partial charge < -0.3 is 25.4 Å². The Balaban J connectivity index is 1.19. The van der Waals surface area contributed by atoms with Crippen LogP contribution in [0.4, 0.5) is 15.2 Å². The van der Waals surface area contributed by atoms with Gasteiger partial charge in [0.25, 0.3) is 11.8 Å². The highest BCUT2D eigenvalue weighted by atomic mass is 32.2. The van der Waals surface area contributed by atoms with E-state index in [0.717, 1.165) is 16.0 Å². The number of carbonyl (C=O) groups is 3. The van der Waals surface area contributed by atoms with E-state index in [-0.39, 0.29) is 17.4 Å². The number of methoxy groups -OCH3 is 2. The van der Waals surface area contributed by atoms with E-state index >= 15 is 0 Å². The van der Waals surface area contributed by atoms with E-state index in [1.165, 1.54) is 48.4 Å². The minimum Gasteiger partial charge on any atom is -0.497 e. The number of thiazole rings is 1. The molecule has 1 heterocycles. The molecule has 6 aromatic rings. The molecule has 1 atom stereocenters. The highest BCUT2D eigenvalue weighted by Crippen LogP contribution is 2.37. The van der Waals surface area contributed by atoms with Crippen LogP contribution in [-0.4, -0.2) is 36.9 Å². The predicted octanol–water partition coefficient (Wildman–Crippen LogP) is 8.85. The van der Waals surface area contributed by atoms with Gasteiger partial charge in [0.2, 0.25) is 5.91 Å². The number of rotatable bonds is 13. The van der Waals surface area contributed by atoms with Crippen molar-refractivity contribution in [1.29, 1.82) is 0 Å². The number of carbonyl (C=O) groups excluding carboxylic acids is 3. The van der Waals surface area contributed by atoms with E-state index < -0.39 is 17.1 Å². The monoisotopic (exact) mass is 744 g/mol. The van der Waals surface area contributed by atoms with Crippen LogP contribution in [0.2, 0.25) is 0 Å². The molecule has 0 radical (unpaired) electrons. The minimum atomic E-state index is -0.628. The quantitative estimate of drug-likeness (QED) is 0.0799. The first-order valence-corrected chi connectivity index (χ1v) is 18.0. The first-order chi connectivity index (χ1) is 25.8. The van der Waals surface area contributed by atoms with Crippen LogP contribution in [0.5, 0.6) is 11.5 Å². The number of benzene rings is 5. The van der Waals surface area contributed by atoms with Crippen LogP contribution in [0, 0.1) is 5.82 Å². The van der Waals surface area contributed by atoms with Crippen LogP contribution in [0.1, 0.15) is 26.7 Å². The molecule has 53 heavy (non-hydrogen) atoms. The highest BCUT2D eigenvalue weighted by Gasteiger charge is 2.24. The number of ether oxygens (including phenoxy) is 2. The molecule has 1 unspecified atom stereocenters. The van der Waals surface area contributed by atoms with E-state index in [4.69, 9.17) is 9.47 Å². The molecule has 0 aliphatic heterocycles. The Bertz CT molecular complexity index is 2230. The van der Waals surface area contributed by atoms with Crippen LogP contribution in [0.15, 0.2) is 143 Å². The van der Waals surface area contributed by atoms with Gasteiger partial charge >= 0.3 is 0 Å². The van der Waals surface area contributed by atoms with Crippen molar-refractivity contribution in [2.24, 2.45) is 0 Å². The number of anilines is 2. The number of halogens is 1. The van der Waals surface area contributed by atoms with E-state index in [0.29, 0.717) is 39.1 Å². The Labute approximate surface area is 313 Å². The van der Waals surface area contributed by atoms with Gasteiger partial charge in [-0.1, -0.05) is 48.5 Å². The number of hydrogen-bond donors (Lipinski definition) is 3. The average Bonchev–Trinajstić information content (AvgIpc) is 3.66. The average molecular weight is 745 g/mol. The predicted molar refractivity (Wildman–Crippen MR) is 208 cm³/mol. The van der Waals surface area contributed by atoms with Crippen molar-refractivity contribution in [3.05, 3.63) is 161 Å². The molecular weight excluding hydrogens is 712 g/mol. The van der Waals surface area contributed by atoms with Gasteiger partial charge in [-0.15, -0.1) is 23.1 Å². The van der Waals surface area contributed by atoms with E-state index in [1.807, 2.05) is 35.7 Å². The second-order valence-corrected chi connectivity index (χ2v) is 13.4. The van der Waals surface area contributed by atoms with Gasteiger partial charge in [-0.3, -0.25) is 14.4 Å². The zero-order valence-electron chi connectivity index (χ0n) is 28.5. The van der Waals surface area contributed by atoms with Crippen LogP contribution < -0.4 is 25.4 Å². The van der Waals surface area contributed by atoms with Crippen molar-refractivity contribution in [2.45, 2.75) is 10.1 Å². The number of amides is 3. The van der Waals surface area contributed by atoms with Gasteiger partial charge in [-0.05, 0) is 84.4 Å². The molecule has 0 saturated heterocycles. The molecule has 0 bridgehead atoms. The summed E-state index contributed by atoms with van der Waals surface area (Å²) in [5.74, 6) is -0.599. The van der Waals surface area contributed by atoms with Crippen LogP contribution in [-0.2, 0) is 9.59 Å². The molecule has 0 fully saturated rings. The third-order valence-electron chi connectivity index (χ3n) is 7.85. The fourth-order valence-corrected chi connectivity index (χ4v) is 6.89. The Morgan fingerprint density at radius 2 is 1.51 bits per heavy atom. The topological polar surface area (TPSA) is 119 Å². The van der Waals surface area contributed by atoms with Gasteiger partial charge in [0, 0.05) is 38.7 Å². The number of aromatic nitrogens is 1. The van der Waals surface area contributed by atoms with Gasteiger partial charge in [0.1, 0.15) is 28.3 Å². The summed E-state index contributed by atoms with van der Waals surface area (Å²) in [6, 6.07) is 36.2. The van der Waals surface area contributed by atoms with Crippen LogP contribution in [0.25, 0.3) is 17.3 Å². The molecule has 0 saturated carbocycles. The number of nitrogens with one attached hydrogen (secondary N) is 3. The molecule has 12 heteroatoms. The Hall–Kier alpha value is -6.24. The lowest BCUT2D eigenvalue weighted by molar-refractivity contribution is -0.116. The Kier molecular flexibility index (Phi) is 11.9. The van der Waals surface area contributed by atoms with Crippen LogP contribution >= 0.6 is 23.1 Å². The third kappa shape index (κ3) is 9.56. The fraction of sp³-hybridized carbons (Fsp3) is 0.0732. The summed E-state index contributed by atoms with van der Waals surface area (Å²) in [4.78, 5) is 45.8. The molecular formula is C41H33FN4O5S2. The van der Waals surface area contributed by atoms with Crippen molar-refractivity contribution in [3.8, 4) is 22.8 Å². The summed E-state index contributed by atoms with van der Waals surface area (Å²) in [6.45, 7) is 0. The molecule has 0 aliphatic rings. The molecule has 0 spiro atoms. The smallest absolute Gasteiger partial charge is 0.272 e. The fourth-order valence-electron chi connectivity index (χ4n) is 5.14. The van der Waals surface area contributed by atoms with Crippen molar-refractivity contribution >= 4 is 57.7 Å². The molecule has 1 aromatic heterocycles. The summed E-state index contributed by atoms with van der Waals surface area (Å²) in [5, 5.41) is 10.1. The Morgan fingerprint density at radius 3 is 2.19 bits per heavy atom. The maximum atomic E-state index is 13.7. The zero-order chi connectivity index (χ0) is 37.2. The summed E-state index contributed by atoms with van der Waals surface area (Å²) >= 11 is 2.62. The molecule has 3 amide bonds. The number of nitrogens with zero attached hydrogens (tertiary/aromatic N) is 1. The van der Waals surface area contributed by atoms with E-state index in [1.54, 1.807) is 92.0 Å². The van der Waals surface area contributed by atoms with Crippen LogP contribution in [0.3, 0.4) is 0 Å². The maximum Gasteiger partial charge on any atom is 0.272 e. The zero-order valence-corrected chi connectivity index (χ0v) is 30.2. The van der Waals surface area contributed by atoms with Crippen molar-refractivity contribution in [1.82, 2.24) is 10.3 Å². The second kappa shape index (κ2) is 17.3. The molecule has 3 N–H and O–H groups in total. The van der Waals surface area contributed by atoms with Gasteiger partial charge in [-0.25, -0.2) is 9.37 Å². The Morgan fingerprint density at radius 1 is 0.811 bits per heavy atom. The molecule has 6 rings (SSSR count). The van der Waals surface area contributed by atoms with Crippen molar-refractivity contribution < 1.29 is 28.2 Å². The molecule has 266 valence electrons. The van der Waals surface area contributed by atoms with Crippen molar-refractivity contribution in [2.75, 3.05) is 24.9 Å². The lowest BCUT2D eigenvalue weighted by Gasteiger charge is -2.17. The highest BCUT2D eigenvalue weighted by molar-refractivity contribution is 8.00. The minimum absolute atomic E-state index is 0.00800. The maximum absolute atomic E-state index is 13.7. The third-order valence-corrected chi connectivity index (χ3v) is 9.87. The van der Waals surface area contributed by atoms with E-state index in [2.05, 4.69) is 20.9 Å². The normalized spacial score (nSPS) is 11.6. The molecule has 0 aliphatic carbocycles. The standard InChI is InChI=1S/C41H33FN4O5S2/c1-50-32-20-15-29(36(24-32)51-2)23-34(44-38(47)28-11-7-4-8-12-28)39(48)43-31-18-21-33(22-19-31)53-37(27-9-5-3-6-10-27)40(49)46-41-45-35(25-52-41)26-13-16-30(42)17-14-26/h3-25,37H,1-2H3,(H,43,48)(H,44,47)(H,45,46,49)/b34-23-. The molecule has 9 nitrogen and oxygen atoms in total. The summed E-state index contributed by atoms with van der Waals surface area (Å²) in [7, 11) is 3.05. The number of hydrogen-bond acceptors (Lipinski definition) is 8. The molecule has 5 aromatic carbocycles. The summed E-state index contributed by atoms with van der Waals surface area (Å²) < 4.78 is 24.2. The summed E-state index contributed by atoms with van der Waals surface area (Å²) in [5.41, 5.74) is 3.56.